The highest BCUT2D eigenvalue weighted by Gasteiger charge is 2.19. The number of benzene rings is 1. The molecule has 0 aliphatic rings. The molecule has 0 unspecified atom stereocenters. The van der Waals surface area contributed by atoms with Crippen LogP contribution in [0.3, 0.4) is 0 Å². The zero-order chi connectivity index (χ0) is 21.6. The summed E-state index contributed by atoms with van der Waals surface area (Å²) in [6, 6.07) is 5.50. The average molecular weight is 441 g/mol. The molecule has 0 radical (unpaired) electrons. The van der Waals surface area contributed by atoms with Gasteiger partial charge < -0.3 is 19.9 Å². The third kappa shape index (κ3) is 7.21. The van der Waals surface area contributed by atoms with Crippen LogP contribution in [0, 0.1) is 5.92 Å². The molecular weight excluding hydrogens is 411 g/mol. The SMILES string of the molecule is CC(C)Cc1[nH]c(N(CCCN(C)C)CCC(=O)O)nc1-c1ccc(Cl)c(Cl)c1. The van der Waals surface area contributed by atoms with Crippen molar-refractivity contribution in [2.24, 2.45) is 5.92 Å². The van der Waals surface area contributed by atoms with E-state index in [0.717, 1.165) is 42.9 Å². The predicted octanol–water partition coefficient (Wildman–Crippen LogP) is 4.81. The predicted molar refractivity (Wildman–Crippen MR) is 120 cm³/mol. The lowest BCUT2D eigenvalue weighted by Crippen LogP contribution is -2.30. The van der Waals surface area contributed by atoms with E-state index in [1.807, 2.05) is 31.1 Å². The van der Waals surface area contributed by atoms with Crippen molar-refractivity contribution < 1.29 is 9.90 Å². The van der Waals surface area contributed by atoms with E-state index in [0.29, 0.717) is 28.5 Å². The maximum Gasteiger partial charge on any atom is 0.305 e. The number of aromatic amines is 1. The van der Waals surface area contributed by atoms with Gasteiger partial charge in [-0.05, 0) is 51.5 Å². The molecular formula is C21H30Cl2N4O2. The zero-order valence-electron chi connectivity index (χ0n) is 17.5. The first kappa shape index (κ1) is 23.5. The fourth-order valence-corrected chi connectivity index (χ4v) is 3.41. The number of hydrogen-bond acceptors (Lipinski definition) is 4. The quantitative estimate of drug-likeness (QED) is 0.524. The van der Waals surface area contributed by atoms with Crippen LogP contribution in [0.4, 0.5) is 5.95 Å². The number of carboxylic acid groups (broad SMARTS) is 1. The summed E-state index contributed by atoms with van der Waals surface area (Å²) in [7, 11) is 4.05. The highest BCUT2D eigenvalue weighted by Crippen LogP contribution is 2.31. The highest BCUT2D eigenvalue weighted by atomic mass is 35.5. The molecule has 160 valence electrons. The molecule has 0 atom stereocenters. The lowest BCUT2D eigenvalue weighted by Gasteiger charge is -2.22. The number of halogens is 2. The Morgan fingerprint density at radius 2 is 1.90 bits per heavy atom. The van der Waals surface area contributed by atoms with Crippen molar-refractivity contribution in [1.82, 2.24) is 14.9 Å². The highest BCUT2D eigenvalue weighted by molar-refractivity contribution is 6.42. The van der Waals surface area contributed by atoms with Gasteiger partial charge in [0.05, 0.1) is 22.2 Å². The minimum absolute atomic E-state index is 0.0598. The van der Waals surface area contributed by atoms with E-state index in [2.05, 4.69) is 23.7 Å². The molecule has 2 N–H and O–H groups in total. The van der Waals surface area contributed by atoms with Crippen molar-refractivity contribution in [2.75, 3.05) is 38.6 Å². The number of aliphatic carboxylic acids is 1. The van der Waals surface area contributed by atoms with Crippen LogP contribution >= 0.6 is 23.2 Å². The van der Waals surface area contributed by atoms with Gasteiger partial charge in [-0.25, -0.2) is 4.98 Å². The third-order valence-corrected chi connectivity index (χ3v) is 5.24. The fourth-order valence-electron chi connectivity index (χ4n) is 3.12. The second-order valence-electron chi connectivity index (χ2n) is 7.90. The first-order valence-electron chi connectivity index (χ1n) is 9.83. The topological polar surface area (TPSA) is 72.5 Å². The van der Waals surface area contributed by atoms with Gasteiger partial charge in [0.2, 0.25) is 5.95 Å². The number of anilines is 1. The molecule has 2 rings (SSSR count). The van der Waals surface area contributed by atoms with Gasteiger partial charge in [0, 0.05) is 24.3 Å². The summed E-state index contributed by atoms with van der Waals surface area (Å²) in [6.45, 7) is 6.35. The number of aromatic nitrogens is 2. The normalized spacial score (nSPS) is 11.4. The largest absolute Gasteiger partial charge is 0.481 e. The van der Waals surface area contributed by atoms with E-state index in [1.165, 1.54) is 0 Å². The Balaban J connectivity index is 2.37. The van der Waals surface area contributed by atoms with Crippen molar-refractivity contribution in [3.8, 4) is 11.3 Å². The second kappa shape index (κ2) is 10.9. The molecule has 0 spiro atoms. The van der Waals surface area contributed by atoms with Crippen molar-refractivity contribution in [2.45, 2.75) is 33.1 Å². The molecule has 1 aromatic heterocycles. The van der Waals surface area contributed by atoms with Crippen LogP contribution in [-0.4, -0.2) is 59.7 Å². The van der Waals surface area contributed by atoms with Crippen LogP contribution in [0.2, 0.25) is 10.0 Å². The first-order chi connectivity index (χ1) is 13.7. The molecule has 6 nitrogen and oxygen atoms in total. The van der Waals surface area contributed by atoms with E-state index in [-0.39, 0.29) is 6.42 Å². The van der Waals surface area contributed by atoms with Crippen molar-refractivity contribution in [3.63, 3.8) is 0 Å². The van der Waals surface area contributed by atoms with Crippen LogP contribution in [0.5, 0.6) is 0 Å². The summed E-state index contributed by atoms with van der Waals surface area (Å²) in [4.78, 5) is 23.5. The van der Waals surface area contributed by atoms with E-state index in [1.54, 1.807) is 6.07 Å². The number of nitrogens with one attached hydrogen (secondary N) is 1. The van der Waals surface area contributed by atoms with Gasteiger partial charge in [-0.2, -0.15) is 0 Å². The maximum atomic E-state index is 11.1. The molecule has 8 heteroatoms. The summed E-state index contributed by atoms with van der Waals surface area (Å²) >= 11 is 12.3. The van der Waals surface area contributed by atoms with Gasteiger partial charge in [-0.15, -0.1) is 0 Å². The molecule has 0 amide bonds. The van der Waals surface area contributed by atoms with Crippen LogP contribution in [0.15, 0.2) is 18.2 Å². The molecule has 0 saturated carbocycles. The minimum Gasteiger partial charge on any atom is -0.481 e. The summed E-state index contributed by atoms with van der Waals surface area (Å²) in [5.41, 5.74) is 2.74. The number of carbonyl (C=O) groups is 1. The van der Waals surface area contributed by atoms with Gasteiger partial charge in [0.25, 0.3) is 0 Å². The van der Waals surface area contributed by atoms with Crippen molar-refractivity contribution in [1.29, 1.82) is 0 Å². The standard InChI is InChI=1S/C21H30Cl2N4O2/c1-14(2)12-18-20(15-6-7-16(22)17(23)13-15)25-21(24-18)27(11-8-19(28)29)10-5-9-26(3)4/h6-7,13-14H,5,8-12H2,1-4H3,(H,24,25)(H,28,29). The van der Waals surface area contributed by atoms with Crippen LogP contribution in [0.1, 0.15) is 32.4 Å². The average Bonchev–Trinajstić information content (AvgIpc) is 3.02. The monoisotopic (exact) mass is 440 g/mol. The molecule has 0 saturated heterocycles. The van der Waals surface area contributed by atoms with Gasteiger partial charge >= 0.3 is 5.97 Å². The van der Waals surface area contributed by atoms with Crippen LogP contribution in [0.25, 0.3) is 11.3 Å². The number of rotatable bonds is 11. The molecule has 0 fully saturated rings. The Kier molecular flexibility index (Phi) is 8.80. The van der Waals surface area contributed by atoms with Gasteiger partial charge in [-0.1, -0.05) is 43.1 Å². The van der Waals surface area contributed by atoms with Crippen LogP contribution < -0.4 is 4.90 Å². The lowest BCUT2D eigenvalue weighted by molar-refractivity contribution is -0.136. The molecule has 1 heterocycles. The van der Waals surface area contributed by atoms with Gasteiger partial charge in [-0.3, -0.25) is 4.79 Å². The summed E-state index contributed by atoms with van der Waals surface area (Å²) in [5, 5.41) is 10.1. The Morgan fingerprint density at radius 1 is 1.17 bits per heavy atom. The van der Waals surface area contributed by atoms with Crippen molar-refractivity contribution >= 4 is 35.1 Å². The molecule has 1 aromatic carbocycles. The van der Waals surface area contributed by atoms with E-state index >= 15 is 0 Å². The molecule has 0 aliphatic carbocycles. The number of hydrogen-bond donors (Lipinski definition) is 2. The fraction of sp³-hybridized carbons (Fsp3) is 0.524. The first-order valence-corrected chi connectivity index (χ1v) is 10.6. The minimum atomic E-state index is -0.818. The second-order valence-corrected chi connectivity index (χ2v) is 8.72. The summed E-state index contributed by atoms with van der Waals surface area (Å²) in [6.07, 6.45) is 1.80. The molecule has 2 aromatic rings. The zero-order valence-corrected chi connectivity index (χ0v) is 19.0. The molecule has 29 heavy (non-hydrogen) atoms. The smallest absolute Gasteiger partial charge is 0.305 e. The number of H-pyrrole nitrogens is 1. The number of carboxylic acids is 1. The molecule has 0 aliphatic heterocycles. The Bertz CT molecular complexity index is 821. The van der Waals surface area contributed by atoms with E-state index < -0.39 is 5.97 Å². The lowest BCUT2D eigenvalue weighted by atomic mass is 10.0. The maximum absolute atomic E-state index is 11.1. The summed E-state index contributed by atoms with van der Waals surface area (Å²) < 4.78 is 0. The van der Waals surface area contributed by atoms with E-state index in [4.69, 9.17) is 33.3 Å². The summed E-state index contributed by atoms with van der Waals surface area (Å²) in [5.74, 6) is 0.314. The van der Waals surface area contributed by atoms with Crippen molar-refractivity contribution in [3.05, 3.63) is 33.9 Å². The van der Waals surface area contributed by atoms with Gasteiger partial charge in [0.15, 0.2) is 0 Å². The van der Waals surface area contributed by atoms with E-state index in [9.17, 15) is 4.79 Å². The van der Waals surface area contributed by atoms with Crippen LogP contribution in [-0.2, 0) is 11.2 Å². The number of nitrogens with zero attached hydrogens (tertiary/aromatic N) is 3. The Hall–Kier alpha value is -1.76. The Morgan fingerprint density at radius 3 is 2.48 bits per heavy atom. The van der Waals surface area contributed by atoms with Gasteiger partial charge in [0.1, 0.15) is 0 Å². The third-order valence-electron chi connectivity index (χ3n) is 4.50. The number of imidazole rings is 1. The Labute approximate surface area is 182 Å². The molecule has 0 bridgehead atoms.